The number of thiophene rings is 1. The average Bonchev–Trinajstić information content (AvgIpc) is 2.94. The highest BCUT2D eigenvalue weighted by molar-refractivity contribution is 7.14. The van der Waals surface area contributed by atoms with E-state index in [1.54, 1.807) is 11.3 Å². The third-order valence-corrected chi connectivity index (χ3v) is 5.02. The Balaban J connectivity index is 2.49. The molecule has 0 fully saturated rings. The Morgan fingerprint density at radius 1 is 1.35 bits per heavy atom. The number of aryl methyl sites for hydroxylation is 1. The van der Waals surface area contributed by atoms with E-state index in [9.17, 15) is 9.90 Å². The van der Waals surface area contributed by atoms with Crippen molar-refractivity contribution in [1.82, 2.24) is 0 Å². The predicted molar refractivity (Wildman–Crippen MR) is 85.4 cm³/mol. The zero-order chi connectivity index (χ0) is 15.0. The monoisotopic (exact) mass is 297 g/mol. The second kappa shape index (κ2) is 8.55. The van der Waals surface area contributed by atoms with Crippen molar-refractivity contribution >= 4 is 17.1 Å². The number of unbranched alkanes of at least 4 members (excludes halogenated alkanes) is 2. The molecule has 0 amide bonds. The first kappa shape index (κ1) is 17.3. The summed E-state index contributed by atoms with van der Waals surface area (Å²) in [5.41, 5.74) is 5.59. The van der Waals surface area contributed by atoms with Crippen LogP contribution in [0.3, 0.4) is 0 Å². The van der Waals surface area contributed by atoms with E-state index in [0.717, 1.165) is 43.4 Å². The molecule has 0 saturated carbocycles. The molecule has 1 heterocycles. The summed E-state index contributed by atoms with van der Waals surface area (Å²) in [5, 5.41) is 9.30. The van der Waals surface area contributed by atoms with Crippen molar-refractivity contribution in [2.24, 2.45) is 5.73 Å². The van der Waals surface area contributed by atoms with Gasteiger partial charge in [0, 0.05) is 16.8 Å². The van der Waals surface area contributed by atoms with E-state index < -0.39 is 5.54 Å². The number of Topliss-reactive ketones (excluding diaryl/α,β-unsaturated/α-hetero) is 1. The molecular weight excluding hydrogens is 270 g/mol. The first-order valence-corrected chi connectivity index (χ1v) is 8.38. The molecule has 0 aromatic carbocycles. The topological polar surface area (TPSA) is 63.3 Å². The van der Waals surface area contributed by atoms with Gasteiger partial charge in [-0.05, 0) is 37.8 Å². The molecule has 0 aliphatic carbocycles. The highest BCUT2D eigenvalue weighted by Crippen LogP contribution is 2.23. The van der Waals surface area contributed by atoms with Gasteiger partial charge < -0.3 is 10.8 Å². The van der Waals surface area contributed by atoms with Crippen LogP contribution in [0.2, 0.25) is 0 Å². The second-order valence-corrected chi connectivity index (χ2v) is 6.69. The molecule has 1 aromatic rings. The Morgan fingerprint density at radius 3 is 2.70 bits per heavy atom. The van der Waals surface area contributed by atoms with E-state index in [1.807, 2.05) is 19.1 Å². The van der Waals surface area contributed by atoms with Gasteiger partial charge in [-0.1, -0.05) is 26.7 Å². The first-order valence-electron chi connectivity index (χ1n) is 7.56. The van der Waals surface area contributed by atoms with E-state index in [1.165, 1.54) is 4.88 Å². The van der Waals surface area contributed by atoms with Crippen molar-refractivity contribution in [3.63, 3.8) is 0 Å². The van der Waals surface area contributed by atoms with Crippen molar-refractivity contribution in [1.29, 1.82) is 0 Å². The molecule has 4 heteroatoms. The molecule has 0 saturated heterocycles. The van der Waals surface area contributed by atoms with Crippen LogP contribution in [0, 0.1) is 0 Å². The minimum Gasteiger partial charge on any atom is -0.394 e. The third kappa shape index (κ3) is 5.35. The van der Waals surface area contributed by atoms with Crippen LogP contribution in [0.4, 0.5) is 0 Å². The Hall–Kier alpha value is -0.710. The van der Waals surface area contributed by atoms with Gasteiger partial charge in [-0.3, -0.25) is 4.79 Å². The normalized spacial score (nSPS) is 14.2. The molecule has 1 aromatic heterocycles. The summed E-state index contributed by atoms with van der Waals surface area (Å²) in [6.45, 7) is 4.15. The summed E-state index contributed by atoms with van der Waals surface area (Å²) in [6.07, 6.45) is 6.24. The maximum atomic E-state index is 12.0. The highest BCUT2D eigenvalue weighted by atomic mass is 32.1. The van der Waals surface area contributed by atoms with Crippen LogP contribution in [0.5, 0.6) is 0 Å². The summed E-state index contributed by atoms with van der Waals surface area (Å²) < 4.78 is 0. The number of ketones is 1. The molecule has 114 valence electrons. The van der Waals surface area contributed by atoms with Gasteiger partial charge in [0.2, 0.25) is 0 Å². The van der Waals surface area contributed by atoms with Crippen molar-refractivity contribution in [3.8, 4) is 0 Å². The Bertz CT molecular complexity index is 410. The van der Waals surface area contributed by atoms with Gasteiger partial charge in [-0.15, -0.1) is 11.3 Å². The van der Waals surface area contributed by atoms with Crippen LogP contribution < -0.4 is 5.73 Å². The average molecular weight is 297 g/mol. The minimum atomic E-state index is -0.491. The molecule has 1 unspecified atom stereocenters. The molecule has 3 N–H and O–H groups in total. The number of carbonyl (C=O) groups is 1. The molecule has 3 nitrogen and oxygen atoms in total. The van der Waals surface area contributed by atoms with E-state index in [-0.39, 0.29) is 12.4 Å². The van der Waals surface area contributed by atoms with Crippen molar-refractivity contribution in [3.05, 3.63) is 21.9 Å². The van der Waals surface area contributed by atoms with E-state index in [2.05, 4.69) is 6.92 Å². The van der Waals surface area contributed by atoms with Crippen LogP contribution >= 0.6 is 11.3 Å². The van der Waals surface area contributed by atoms with Crippen LogP contribution in [0.25, 0.3) is 0 Å². The van der Waals surface area contributed by atoms with Gasteiger partial charge in [0.15, 0.2) is 5.78 Å². The lowest BCUT2D eigenvalue weighted by molar-refractivity contribution is 0.0983. The number of aliphatic hydroxyl groups is 1. The van der Waals surface area contributed by atoms with Gasteiger partial charge in [-0.25, -0.2) is 0 Å². The number of rotatable bonds is 10. The third-order valence-electron chi connectivity index (χ3n) is 3.83. The Morgan fingerprint density at radius 2 is 2.10 bits per heavy atom. The quantitative estimate of drug-likeness (QED) is 0.513. The summed E-state index contributed by atoms with van der Waals surface area (Å²) in [7, 11) is 0. The summed E-state index contributed by atoms with van der Waals surface area (Å²) in [6, 6.07) is 3.95. The molecule has 0 spiro atoms. The van der Waals surface area contributed by atoms with Crippen LogP contribution in [0.1, 0.15) is 66.9 Å². The standard InChI is InChI=1S/C16H27NO2S/c1-3-5-6-7-14(19)15-9-8-13(20-15)10-11-16(17,4-2)12-18/h8-9,18H,3-7,10-12,17H2,1-2H3. The summed E-state index contributed by atoms with van der Waals surface area (Å²) >= 11 is 1.57. The molecule has 1 rings (SSSR count). The fraction of sp³-hybridized carbons (Fsp3) is 0.688. The molecule has 0 bridgehead atoms. The molecule has 0 radical (unpaired) electrons. The summed E-state index contributed by atoms with van der Waals surface area (Å²) in [4.78, 5) is 14.0. The number of hydrogen-bond donors (Lipinski definition) is 2. The molecule has 0 aliphatic rings. The summed E-state index contributed by atoms with van der Waals surface area (Å²) in [5.74, 6) is 0.256. The SMILES string of the molecule is CCCCCC(=O)c1ccc(CCC(N)(CC)CO)s1. The maximum Gasteiger partial charge on any atom is 0.172 e. The van der Waals surface area contributed by atoms with Gasteiger partial charge in [-0.2, -0.15) is 0 Å². The van der Waals surface area contributed by atoms with Gasteiger partial charge in [0.05, 0.1) is 11.5 Å². The van der Waals surface area contributed by atoms with Crippen molar-refractivity contribution in [2.45, 2.75) is 64.3 Å². The van der Waals surface area contributed by atoms with Crippen LogP contribution in [-0.4, -0.2) is 23.0 Å². The zero-order valence-corrected chi connectivity index (χ0v) is 13.5. The number of hydrogen-bond acceptors (Lipinski definition) is 4. The number of aliphatic hydroxyl groups excluding tert-OH is 1. The lowest BCUT2D eigenvalue weighted by Gasteiger charge is -2.25. The lowest BCUT2D eigenvalue weighted by Crippen LogP contribution is -2.43. The maximum absolute atomic E-state index is 12.0. The largest absolute Gasteiger partial charge is 0.394 e. The Kier molecular flexibility index (Phi) is 7.41. The van der Waals surface area contributed by atoms with E-state index in [4.69, 9.17) is 5.73 Å². The van der Waals surface area contributed by atoms with Crippen molar-refractivity contribution < 1.29 is 9.90 Å². The second-order valence-electron chi connectivity index (χ2n) is 5.52. The van der Waals surface area contributed by atoms with Gasteiger partial charge >= 0.3 is 0 Å². The van der Waals surface area contributed by atoms with Crippen molar-refractivity contribution in [2.75, 3.05) is 6.61 Å². The Labute approximate surface area is 126 Å². The van der Waals surface area contributed by atoms with Gasteiger partial charge in [0.25, 0.3) is 0 Å². The first-order chi connectivity index (χ1) is 9.54. The van der Waals surface area contributed by atoms with E-state index in [0.29, 0.717) is 6.42 Å². The molecule has 20 heavy (non-hydrogen) atoms. The lowest BCUT2D eigenvalue weighted by atomic mass is 9.92. The molecule has 1 atom stereocenters. The minimum absolute atomic E-state index is 0.0116. The van der Waals surface area contributed by atoms with E-state index >= 15 is 0 Å². The number of carbonyl (C=O) groups excluding carboxylic acids is 1. The van der Waals surface area contributed by atoms with Gasteiger partial charge in [0.1, 0.15) is 0 Å². The fourth-order valence-corrected chi connectivity index (χ4v) is 3.04. The highest BCUT2D eigenvalue weighted by Gasteiger charge is 2.21. The predicted octanol–water partition coefficient (Wildman–Crippen LogP) is 3.54. The molecule has 0 aliphatic heterocycles. The number of nitrogens with two attached hydrogens (primary N) is 1. The smallest absolute Gasteiger partial charge is 0.172 e. The zero-order valence-electron chi connectivity index (χ0n) is 12.7. The van der Waals surface area contributed by atoms with Crippen LogP contribution in [0.15, 0.2) is 12.1 Å². The molecular formula is C16H27NO2S. The van der Waals surface area contributed by atoms with Crippen LogP contribution in [-0.2, 0) is 6.42 Å². The fourth-order valence-electron chi connectivity index (χ4n) is 2.06.